The first-order valence-electron chi connectivity index (χ1n) is 8.51. The normalized spacial score (nSPS) is 16.9. The number of hydrogen-bond donors (Lipinski definition) is 2. The van der Waals surface area contributed by atoms with Gasteiger partial charge in [-0.05, 0) is 38.2 Å². The van der Waals surface area contributed by atoms with Crippen LogP contribution in [0.1, 0.15) is 12.0 Å². The van der Waals surface area contributed by atoms with Gasteiger partial charge in [0.15, 0.2) is 0 Å². The predicted molar refractivity (Wildman–Crippen MR) is 96.7 cm³/mol. The van der Waals surface area contributed by atoms with Crippen LogP contribution in [0.3, 0.4) is 0 Å². The second kappa shape index (κ2) is 8.08. The van der Waals surface area contributed by atoms with Crippen LogP contribution < -0.4 is 5.32 Å². The van der Waals surface area contributed by atoms with E-state index in [1.807, 2.05) is 24.4 Å². The van der Waals surface area contributed by atoms with Crippen molar-refractivity contribution < 1.29 is 4.79 Å². The number of carbonyl (C=O) groups is 1. The molecule has 1 aliphatic heterocycles. The van der Waals surface area contributed by atoms with E-state index in [-0.39, 0.29) is 5.91 Å². The fourth-order valence-electron chi connectivity index (χ4n) is 2.93. The number of nitrogens with zero attached hydrogens (tertiary/aromatic N) is 3. The van der Waals surface area contributed by atoms with Crippen molar-refractivity contribution in [2.45, 2.75) is 6.42 Å². The Balaban J connectivity index is 1.39. The fourth-order valence-corrected chi connectivity index (χ4v) is 2.93. The van der Waals surface area contributed by atoms with Crippen LogP contribution >= 0.6 is 0 Å². The summed E-state index contributed by atoms with van der Waals surface area (Å²) in [5.74, 6) is -0.0494. The van der Waals surface area contributed by atoms with Crippen LogP contribution in [-0.4, -0.2) is 72.0 Å². The fraction of sp³-hybridized carbons (Fsp3) is 0.444. The molecular weight excluding hydrogens is 302 g/mol. The summed E-state index contributed by atoms with van der Waals surface area (Å²) in [4.78, 5) is 24.1. The van der Waals surface area contributed by atoms with Crippen LogP contribution in [0.15, 0.2) is 30.6 Å². The largest absolute Gasteiger partial charge is 0.353 e. The van der Waals surface area contributed by atoms with Gasteiger partial charge in [-0.3, -0.25) is 4.79 Å². The standard InChI is InChI=1S/C18H25N5O/c1-22-10-12-23(13-11-22)9-3-8-19-17(24)6-5-15-14-21-18-16(15)4-2-7-20-18/h2,4-7,14H,3,8-13H2,1H3,(H,19,24)(H,20,21). The van der Waals surface area contributed by atoms with Crippen molar-refractivity contribution in [3.05, 3.63) is 36.2 Å². The Bertz CT molecular complexity index is 700. The topological polar surface area (TPSA) is 64.3 Å². The average Bonchev–Trinajstić information content (AvgIpc) is 3.02. The molecule has 6 nitrogen and oxygen atoms in total. The van der Waals surface area contributed by atoms with E-state index in [1.165, 1.54) is 0 Å². The molecule has 3 heterocycles. The third-order valence-electron chi connectivity index (χ3n) is 4.44. The Kier molecular flexibility index (Phi) is 5.61. The van der Waals surface area contributed by atoms with Gasteiger partial charge in [0, 0.05) is 62.1 Å². The van der Waals surface area contributed by atoms with E-state index in [9.17, 15) is 4.79 Å². The molecule has 1 aliphatic rings. The molecule has 0 saturated carbocycles. The summed E-state index contributed by atoms with van der Waals surface area (Å²) < 4.78 is 0. The molecule has 1 amide bonds. The monoisotopic (exact) mass is 327 g/mol. The highest BCUT2D eigenvalue weighted by Crippen LogP contribution is 2.16. The molecule has 0 radical (unpaired) electrons. The van der Waals surface area contributed by atoms with Gasteiger partial charge >= 0.3 is 0 Å². The number of hydrogen-bond acceptors (Lipinski definition) is 4. The lowest BCUT2D eigenvalue weighted by atomic mass is 10.2. The first-order chi connectivity index (χ1) is 11.7. The van der Waals surface area contributed by atoms with Crippen molar-refractivity contribution >= 4 is 23.0 Å². The van der Waals surface area contributed by atoms with E-state index in [1.54, 1.807) is 12.3 Å². The maximum atomic E-state index is 11.9. The summed E-state index contributed by atoms with van der Waals surface area (Å²) in [5.41, 5.74) is 1.82. The molecule has 0 bridgehead atoms. The van der Waals surface area contributed by atoms with Crippen molar-refractivity contribution in [2.24, 2.45) is 0 Å². The van der Waals surface area contributed by atoms with E-state index in [0.717, 1.165) is 55.7 Å². The van der Waals surface area contributed by atoms with Crippen LogP contribution in [0.2, 0.25) is 0 Å². The zero-order valence-corrected chi connectivity index (χ0v) is 14.2. The summed E-state index contributed by atoms with van der Waals surface area (Å²) in [6, 6.07) is 3.89. The van der Waals surface area contributed by atoms with Gasteiger partial charge in [0.1, 0.15) is 5.65 Å². The lowest BCUT2D eigenvalue weighted by Crippen LogP contribution is -2.45. The Morgan fingerprint density at radius 2 is 2.21 bits per heavy atom. The summed E-state index contributed by atoms with van der Waals surface area (Å²) >= 11 is 0. The zero-order valence-electron chi connectivity index (χ0n) is 14.2. The highest BCUT2D eigenvalue weighted by Gasteiger charge is 2.12. The highest BCUT2D eigenvalue weighted by molar-refractivity contribution is 5.95. The van der Waals surface area contributed by atoms with Crippen molar-refractivity contribution in [1.82, 2.24) is 25.1 Å². The third-order valence-corrected chi connectivity index (χ3v) is 4.44. The average molecular weight is 327 g/mol. The SMILES string of the molecule is CN1CCN(CCCNC(=O)C=Cc2c[nH]c3ncccc23)CC1. The molecule has 3 rings (SSSR count). The van der Waals surface area contributed by atoms with Gasteiger partial charge in [-0.15, -0.1) is 0 Å². The zero-order chi connectivity index (χ0) is 16.8. The number of likely N-dealkylation sites (N-methyl/N-ethyl adjacent to an activating group) is 1. The lowest BCUT2D eigenvalue weighted by Gasteiger charge is -2.32. The maximum absolute atomic E-state index is 11.9. The number of rotatable bonds is 6. The highest BCUT2D eigenvalue weighted by atomic mass is 16.1. The van der Waals surface area contributed by atoms with Gasteiger partial charge in [0.2, 0.25) is 5.91 Å². The predicted octanol–water partition coefficient (Wildman–Crippen LogP) is 1.33. The first-order valence-corrected chi connectivity index (χ1v) is 8.51. The minimum Gasteiger partial charge on any atom is -0.353 e. The number of aromatic nitrogens is 2. The number of nitrogens with one attached hydrogen (secondary N) is 2. The first kappa shape index (κ1) is 16.7. The smallest absolute Gasteiger partial charge is 0.244 e. The number of pyridine rings is 1. The summed E-state index contributed by atoms with van der Waals surface area (Å²) in [7, 11) is 2.16. The molecular formula is C18H25N5O. The molecule has 1 saturated heterocycles. The quantitative estimate of drug-likeness (QED) is 0.621. The number of H-pyrrole nitrogens is 1. The molecule has 0 unspecified atom stereocenters. The van der Waals surface area contributed by atoms with Gasteiger partial charge in [0.05, 0.1) is 0 Å². The lowest BCUT2D eigenvalue weighted by molar-refractivity contribution is -0.116. The van der Waals surface area contributed by atoms with Crippen LogP contribution in [0, 0.1) is 0 Å². The molecule has 128 valence electrons. The Morgan fingerprint density at radius 3 is 3.04 bits per heavy atom. The van der Waals surface area contributed by atoms with Crippen LogP contribution in [-0.2, 0) is 4.79 Å². The molecule has 0 spiro atoms. The van der Waals surface area contributed by atoms with Crippen LogP contribution in [0.4, 0.5) is 0 Å². The molecule has 0 atom stereocenters. The maximum Gasteiger partial charge on any atom is 0.244 e. The Morgan fingerprint density at radius 1 is 1.38 bits per heavy atom. The second-order valence-corrected chi connectivity index (χ2v) is 6.27. The van der Waals surface area contributed by atoms with E-state index in [2.05, 4.69) is 32.1 Å². The van der Waals surface area contributed by atoms with Gasteiger partial charge in [0.25, 0.3) is 0 Å². The molecule has 1 fully saturated rings. The Hall–Kier alpha value is -2.18. The Labute approximate surface area is 142 Å². The summed E-state index contributed by atoms with van der Waals surface area (Å²) in [5, 5.41) is 3.98. The summed E-state index contributed by atoms with van der Waals surface area (Å²) in [6.45, 7) is 6.28. The van der Waals surface area contributed by atoms with E-state index in [0.29, 0.717) is 6.54 Å². The van der Waals surface area contributed by atoms with Crippen molar-refractivity contribution in [3.63, 3.8) is 0 Å². The molecule has 0 aromatic carbocycles. The van der Waals surface area contributed by atoms with Gasteiger partial charge in [-0.25, -0.2) is 4.98 Å². The number of piperazine rings is 1. The molecule has 2 aromatic rings. The van der Waals surface area contributed by atoms with E-state index in [4.69, 9.17) is 0 Å². The van der Waals surface area contributed by atoms with Crippen LogP contribution in [0.25, 0.3) is 17.1 Å². The molecule has 6 heteroatoms. The van der Waals surface area contributed by atoms with Crippen molar-refractivity contribution in [3.8, 4) is 0 Å². The summed E-state index contributed by atoms with van der Waals surface area (Å²) in [6.07, 6.45) is 8.02. The number of aromatic amines is 1. The molecule has 24 heavy (non-hydrogen) atoms. The number of carbonyl (C=O) groups excluding carboxylic acids is 1. The van der Waals surface area contributed by atoms with Crippen molar-refractivity contribution in [1.29, 1.82) is 0 Å². The van der Waals surface area contributed by atoms with Gasteiger partial charge in [-0.1, -0.05) is 0 Å². The minimum absolute atomic E-state index is 0.0494. The minimum atomic E-state index is -0.0494. The second-order valence-electron chi connectivity index (χ2n) is 6.27. The molecule has 2 N–H and O–H groups in total. The number of fused-ring (bicyclic) bond motifs is 1. The van der Waals surface area contributed by atoms with E-state index < -0.39 is 0 Å². The van der Waals surface area contributed by atoms with Crippen LogP contribution in [0.5, 0.6) is 0 Å². The van der Waals surface area contributed by atoms with E-state index >= 15 is 0 Å². The molecule has 2 aromatic heterocycles. The van der Waals surface area contributed by atoms with Gasteiger partial charge in [-0.2, -0.15) is 0 Å². The van der Waals surface area contributed by atoms with Crippen molar-refractivity contribution in [2.75, 3.05) is 46.3 Å². The third kappa shape index (κ3) is 4.43. The number of amides is 1. The molecule has 0 aliphatic carbocycles. The van der Waals surface area contributed by atoms with Gasteiger partial charge < -0.3 is 20.1 Å².